The van der Waals surface area contributed by atoms with Gasteiger partial charge in [-0.2, -0.15) is 0 Å². The summed E-state index contributed by atoms with van der Waals surface area (Å²) in [5, 5.41) is 2.41. The quantitative estimate of drug-likeness (QED) is 0.582. The molecule has 0 unspecified atom stereocenters. The molecule has 0 saturated heterocycles. The average molecular weight is 211 g/mol. The number of rotatable bonds is 3. The number of H-pyrrole nitrogens is 1. The summed E-state index contributed by atoms with van der Waals surface area (Å²) in [6.07, 6.45) is 2.78. The van der Waals surface area contributed by atoms with Crippen LogP contribution >= 0.6 is 12.2 Å². The van der Waals surface area contributed by atoms with E-state index in [9.17, 15) is 9.59 Å². The molecule has 0 fully saturated rings. The third-order valence-electron chi connectivity index (χ3n) is 1.49. The van der Waals surface area contributed by atoms with Crippen LogP contribution in [0.3, 0.4) is 0 Å². The fraction of sp³-hybridized carbons (Fsp3) is 0.125. The summed E-state index contributed by atoms with van der Waals surface area (Å²) in [6.45, 7) is 0.0858. The summed E-state index contributed by atoms with van der Waals surface area (Å²) in [7, 11) is 0. The van der Waals surface area contributed by atoms with E-state index in [4.69, 9.17) is 5.73 Å². The molecule has 0 aliphatic rings. The van der Waals surface area contributed by atoms with Crippen LogP contribution in [-0.4, -0.2) is 22.4 Å². The lowest BCUT2D eigenvalue weighted by Gasteiger charge is -2.01. The molecule has 5 nitrogen and oxygen atoms in total. The van der Waals surface area contributed by atoms with Gasteiger partial charge in [0.25, 0.3) is 5.91 Å². The van der Waals surface area contributed by atoms with E-state index in [-0.39, 0.29) is 22.5 Å². The van der Waals surface area contributed by atoms with Gasteiger partial charge in [0.05, 0.1) is 11.5 Å². The molecule has 0 bridgehead atoms. The lowest BCUT2D eigenvalue weighted by atomic mass is 10.2. The van der Waals surface area contributed by atoms with E-state index >= 15 is 0 Å². The van der Waals surface area contributed by atoms with Crippen LogP contribution in [-0.2, 0) is 0 Å². The smallest absolute Gasteiger partial charge is 0.257 e. The number of carbonyl (C=O) groups is 1. The highest BCUT2D eigenvalue weighted by molar-refractivity contribution is 7.80. The Bertz CT molecular complexity index is 413. The molecule has 0 radical (unpaired) electrons. The van der Waals surface area contributed by atoms with Gasteiger partial charge in [-0.1, -0.05) is 12.2 Å². The molecule has 0 aromatic carbocycles. The Morgan fingerprint density at radius 1 is 1.64 bits per heavy atom. The maximum absolute atomic E-state index is 11.3. The first-order valence-electron chi connectivity index (χ1n) is 3.85. The van der Waals surface area contributed by atoms with Crippen LogP contribution < -0.4 is 16.5 Å². The van der Waals surface area contributed by atoms with E-state index in [1.165, 1.54) is 18.5 Å². The summed E-state index contributed by atoms with van der Waals surface area (Å²) in [5.41, 5.74) is 4.89. The summed E-state index contributed by atoms with van der Waals surface area (Å²) in [5.74, 6) is -0.486. The second-order valence-corrected chi connectivity index (χ2v) is 3.10. The number of aromatic amines is 1. The van der Waals surface area contributed by atoms with Crippen molar-refractivity contribution in [1.29, 1.82) is 0 Å². The van der Waals surface area contributed by atoms with Crippen molar-refractivity contribution in [3.05, 3.63) is 34.2 Å². The van der Waals surface area contributed by atoms with E-state index in [0.717, 1.165) is 0 Å². The summed E-state index contributed by atoms with van der Waals surface area (Å²) < 4.78 is 0. The minimum absolute atomic E-state index is 0.0451. The topological polar surface area (TPSA) is 88.0 Å². The third-order valence-corrected chi connectivity index (χ3v) is 1.64. The maximum atomic E-state index is 11.3. The molecule has 1 rings (SSSR count). The lowest BCUT2D eigenvalue weighted by Crippen LogP contribution is -2.34. The normalized spacial score (nSPS) is 9.43. The first-order chi connectivity index (χ1) is 6.61. The van der Waals surface area contributed by atoms with Gasteiger partial charge in [0.15, 0.2) is 5.43 Å². The van der Waals surface area contributed by atoms with Gasteiger partial charge < -0.3 is 16.0 Å². The van der Waals surface area contributed by atoms with Gasteiger partial charge in [0.1, 0.15) is 5.56 Å². The Balaban J connectivity index is 2.75. The highest BCUT2D eigenvalue weighted by Crippen LogP contribution is 1.86. The summed E-state index contributed by atoms with van der Waals surface area (Å²) in [4.78, 5) is 25.3. The number of carbonyl (C=O) groups excluding carboxylic acids is 1. The van der Waals surface area contributed by atoms with Gasteiger partial charge in [-0.05, 0) is 0 Å². The molecule has 1 heterocycles. The molecule has 1 amide bonds. The molecule has 74 valence electrons. The van der Waals surface area contributed by atoms with E-state index in [1.54, 1.807) is 0 Å². The van der Waals surface area contributed by atoms with Crippen LogP contribution in [0.1, 0.15) is 10.4 Å². The van der Waals surface area contributed by atoms with E-state index in [0.29, 0.717) is 0 Å². The fourth-order valence-corrected chi connectivity index (χ4v) is 0.928. The second kappa shape index (κ2) is 4.52. The van der Waals surface area contributed by atoms with Crippen LogP contribution in [0.25, 0.3) is 0 Å². The molecular formula is C8H9N3O2S. The lowest BCUT2D eigenvalue weighted by molar-refractivity contribution is 0.0958. The first kappa shape index (κ1) is 10.4. The van der Waals surface area contributed by atoms with Gasteiger partial charge >= 0.3 is 0 Å². The van der Waals surface area contributed by atoms with Gasteiger partial charge in [-0.3, -0.25) is 9.59 Å². The zero-order chi connectivity index (χ0) is 10.6. The molecule has 1 aromatic rings. The molecule has 0 atom stereocenters. The molecule has 0 saturated carbocycles. The van der Waals surface area contributed by atoms with Crippen molar-refractivity contribution in [3.8, 4) is 0 Å². The number of hydrogen-bond acceptors (Lipinski definition) is 3. The van der Waals surface area contributed by atoms with Crippen molar-refractivity contribution in [2.24, 2.45) is 5.73 Å². The number of pyridine rings is 1. The van der Waals surface area contributed by atoms with Gasteiger partial charge in [-0.25, -0.2) is 0 Å². The molecule has 1 aromatic heterocycles. The van der Waals surface area contributed by atoms with Gasteiger partial charge in [-0.15, -0.1) is 0 Å². The minimum Gasteiger partial charge on any atom is -0.392 e. The molecule has 0 spiro atoms. The van der Waals surface area contributed by atoms with Crippen molar-refractivity contribution in [2.75, 3.05) is 6.54 Å². The van der Waals surface area contributed by atoms with Crippen LogP contribution in [0, 0.1) is 0 Å². The molecule has 0 aliphatic carbocycles. The highest BCUT2D eigenvalue weighted by Gasteiger charge is 2.08. The molecule has 6 heteroatoms. The predicted molar refractivity (Wildman–Crippen MR) is 56.2 cm³/mol. The average Bonchev–Trinajstić information content (AvgIpc) is 2.15. The van der Waals surface area contributed by atoms with E-state index < -0.39 is 5.91 Å². The number of thiocarbonyl (C=S) groups is 1. The minimum atomic E-state index is -0.486. The van der Waals surface area contributed by atoms with Gasteiger partial charge in [0.2, 0.25) is 0 Å². The van der Waals surface area contributed by atoms with Crippen molar-refractivity contribution in [1.82, 2.24) is 10.3 Å². The van der Waals surface area contributed by atoms with Gasteiger partial charge in [0, 0.05) is 18.5 Å². The van der Waals surface area contributed by atoms with Crippen LogP contribution in [0.5, 0.6) is 0 Å². The zero-order valence-corrected chi connectivity index (χ0v) is 8.06. The zero-order valence-electron chi connectivity index (χ0n) is 7.24. The largest absolute Gasteiger partial charge is 0.392 e. The number of nitrogens with one attached hydrogen (secondary N) is 2. The first-order valence-corrected chi connectivity index (χ1v) is 4.25. The highest BCUT2D eigenvalue weighted by atomic mass is 32.1. The van der Waals surface area contributed by atoms with E-state index in [1.807, 2.05) is 0 Å². The number of aromatic nitrogens is 1. The second-order valence-electron chi connectivity index (χ2n) is 2.57. The van der Waals surface area contributed by atoms with Crippen molar-refractivity contribution < 1.29 is 4.79 Å². The Kier molecular flexibility index (Phi) is 3.35. The SMILES string of the molecule is NC(=S)CNC(=O)c1c[nH]ccc1=O. The van der Waals surface area contributed by atoms with Crippen molar-refractivity contribution in [3.63, 3.8) is 0 Å². The van der Waals surface area contributed by atoms with Crippen molar-refractivity contribution >= 4 is 23.1 Å². The fourth-order valence-electron chi connectivity index (χ4n) is 0.856. The van der Waals surface area contributed by atoms with E-state index in [2.05, 4.69) is 22.5 Å². The van der Waals surface area contributed by atoms with Crippen LogP contribution in [0.2, 0.25) is 0 Å². The Labute approximate surface area is 85.3 Å². The van der Waals surface area contributed by atoms with Crippen LogP contribution in [0.15, 0.2) is 23.3 Å². The molecule has 4 N–H and O–H groups in total. The number of hydrogen-bond donors (Lipinski definition) is 3. The Hall–Kier alpha value is -1.69. The van der Waals surface area contributed by atoms with Crippen LogP contribution in [0.4, 0.5) is 0 Å². The summed E-state index contributed by atoms with van der Waals surface area (Å²) >= 11 is 4.57. The molecule has 14 heavy (non-hydrogen) atoms. The third kappa shape index (κ3) is 2.67. The number of nitrogens with two attached hydrogens (primary N) is 1. The monoisotopic (exact) mass is 211 g/mol. The Morgan fingerprint density at radius 2 is 2.36 bits per heavy atom. The number of amides is 1. The molecular weight excluding hydrogens is 202 g/mol. The summed E-state index contributed by atoms with van der Waals surface area (Å²) in [6, 6.07) is 1.27. The maximum Gasteiger partial charge on any atom is 0.257 e. The predicted octanol–water partition coefficient (Wildman–Crippen LogP) is -0.609. The molecule has 0 aliphatic heterocycles. The standard InChI is InChI=1S/C8H9N3O2S/c9-7(14)4-11-8(13)5-3-10-2-1-6(5)12/h1-3H,4H2,(H2,9,14)(H,10,12)(H,11,13). The Morgan fingerprint density at radius 3 is 2.93 bits per heavy atom. The van der Waals surface area contributed by atoms with Crippen molar-refractivity contribution in [2.45, 2.75) is 0 Å².